The van der Waals surface area contributed by atoms with Crippen LogP contribution in [0.3, 0.4) is 0 Å². The lowest BCUT2D eigenvalue weighted by Crippen LogP contribution is -2.06. The fourth-order valence-electron chi connectivity index (χ4n) is 1.46. The van der Waals surface area contributed by atoms with Crippen LogP contribution in [0, 0.1) is 0 Å². The van der Waals surface area contributed by atoms with Gasteiger partial charge in [-0.25, -0.2) is 0 Å². The number of nitrogens with zero attached hydrogens (tertiary/aromatic N) is 2. The topological polar surface area (TPSA) is 43.8 Å². The van der Waals surface area contributed by atoms with Crippen LogP contribution < -0.4 is 5.73 Å². The van der Waals surface area contributed by atoms with Crippen molar-refractivity contribution in [3.8, 4) is 10.6 Å². The van der Waals surface area contributed by atoms with Crippen LogP contribution in [0.1, 0.15) is 5.69 Å². The molecule has 0 saturated heterocycles. The van der Waals surface area contributed by atoms with Gasteiger partial charge in [-0.1, -0.05) is 11.6 Å². The van der Waals surface area contributed by atoms with Crippen molar-refractivity contribution in [2.45, 2.75) is 6.42 Å². The highest BCUT2D eigenvalue weighted by atomic mass is 35.5. The molecule has 15 heavy (non-hydrogen) atoms. The maximum atomic E-state index is 5.88. The Labute approximate surface area is 97.5 Å². The monoisotopic (exact) mass is 241 g/mol. The summed E-state index contributed by atoms with van der Waals surface area (Å²) in [5, 5.41) is 4.43. The molecule has 2 N–H and O–H groups in total. The highest BCUT2D eigenvalue weighted by Crippen LogP contribution is 2.30. The summed E-state index contributed by atoms with van der Waals surface area (Å²) in [4.78, 5) is 1.10. The second kappa shape index (κ2) is 4.35. The van der Waals surface area contributed by atoms with Crippen LogP contribution in [0.5, 0.6) is 0 Å². The maximum absolute atomic E-state index is 5.88. The van der Waals surface area contributed by atoms with Gasteiger partial charge in [0.15, 0.2) is 0 Å². The van der Waals surface area contributed by atoms with Crippen LogP contribution in [0.15, 0.2) is 18.2 Å². The van der Waals surface area contributed by atoms with Gasteiger partial charge >= 0.3 is 0 Å². The Balaban J connectivity index is 2.33. The average Bonchev–Trinajstić information content (AvgIpc) is 2.75. The number of hydrogen-bond donors (Lipinski definition) is 1. The van der Waals surface area contributed by atoms with E-state index in [-0.39, 0.29) is 0 Å². The van der Waals surface area contributed by atoms with Crippen LogP contribution in [-0.2, 0) is 13.5 Å². The summed E-state index contributed by atoms with van der Waals surface area (Å²) in [6, 6.07) is 5.94. The second-order valence-corrected chi connectivity index (χ2v) is 5.00. The lowest BCUT2D eigenvalue weighted by Gasteiger charge is -1.96. The smallest absolute Gasteiger partial charge is 0.103 e. The number of aromatic nitrogens is 2. The van der Waals surface area contributed by atoms with Gasteiger partial charge < -0.3 is 5.73 Å². The van der Waals surface area contributed by atoms with Crippen molar-refractivity contribution in [3.05, 3.63) is 28.2 Å². The number of hydrogen-bond acceptors (Lipinski definition) is 3. The second-order valence-electron chi connectivity index (χ2n) is 3.29. The van der Waals surface area contributed by atoms with Crippen LogP contribution in [0.2, 0.25) is 4.34 Å². The Bertz CT molecular complexity index is 461. The van der Waals surface area contributed by atoms with E-state index in [1.807, 2.05) is 23.9 Å². The molecule has 0 aliphatic rings. The first-order valence-electron chi connectivity index (χ1n) is 4.69. The number of nitrogens with two attached hydrogens (primary N) is 1. The van der Waals surface area contributed by atoms with E-state index in [9.17, 15) is 0 Å². The first-order valence-corrected chi connectivity index (χ1v) is 5.89. The summed E-state index contributed by atoms with van der Waals surface area (Å²) in [5.74, 6) is 0. The lowest BCUT2D eigenvalue weighted by molar-refractivity contribution is 0.708. The summed E-state index contributed by atoms with van der Waals surface area (Å²) in [6.07, 6.45) is 0.850. The maximum Gasteiger partial charge on any atom is 0.103 e. The molecule has 0 unspecified atom stereocenters. The molecule has 3 nitrogen and oxygen atoms in total. The standard InChI is InChI=1S/C10H12ClN3S/c1-14-7(4-5-12)6-8(13-14)9-2-3-10(11)15-9/h2-3,6H,4-5,12H2,1H3. The van der Waals surface area contributed by atoms with Crippen molar-refractivity contribution < 1.29 is 0 Å². The average molecular weight is 242 g/mol. The highest BCUT2D eigenvalue weighted by molar-refractivity contribution is 7.19. The van der Waals surface area contributed by atoms with E-state index in [0.717, 1.165) is 27.0 Å². The van der Waals surface area contributed by atoms with Gasteiger partial charge in [-0.3, -0.25) is 4.68 Å². The third-order valence-electron chi connectivity index (χ3n) is 2.20. The van der Waals surface area contributed by atoms with E-state index in [0.29, 0.717) is 6.54 Å². The van der Waals surface area contributed by atoms with Crippen LogP contribution in [0.25, 0.3) is 10.6 Å². The largest absolute Gasteiger partial charge is 0.330 e. The van der Waals surface area contributed by atoms with E-state index in [1.165, 1.54) is 11.3 Å². The zero-order chi connectivity index (χ0) is 10.8. The number of aryl methyl sites for hydroxylation is 1. The van der Waals surface area contributed by atoms with Gasteiger partial charge in [0.1, 0.15) is 5.69 Å². The number of halogens is 1. The molecule has 0 aliphatic carbocycles. The van der Waals surface area contributed by atoms with Gasteiger partial charge in [-0.2, -0.15) is 5.10 Å². The SMILES string of the molecule is Cn1nc(-c2ccc(Cl)s2)cc1CCN. The molecule has 80 valence electrons. The van der Waals surface area contributed by atoms with Gasteiger partial charge in [0, 0.05) is 19.2 Å². The van der Waals surface area contributed by atoms with E-state index >= 15 is 0 Å². The fraction of sp³-hybridized carbons (Fsp3) is 0.300. The Kier molecular flexibility index (Phi) is 3.09. The molecule has 5 heteroatoms. The Morgan fingerprint density at radius 1 is 1.53 bits per heavy atom. The molecule has 0 aromatic carbocycles. The van der Waals surface area contributed by atoms with Crippen molar-refractivity contribution in [1.29, 1.82) is 0 Å². The first kappa shape index (κ1) is 10.7. The minimum atomic E-state index is 0.643. The van der Waals surface area contributed by atoms with Crippen LogP contribution >= 0.6 is 22.9 Å². The third-order valence-corrected chi connectivity index (χ3v) is 3.46. The summed E-state index contributed by atoms with van der Waals surface area (Å²) < 4.78 is 2.66. The molecule has 0 fully saturated rings. The van der Waals surface area contributed by atoms with Crippen molar-refractivity contribution in [2.24, 2.45) is 12.8 Å². The molecule has 2 heterocycles. The normalized spacial score (nSPS) is 10.9. The van der Waals surface area contributed by atoms with Gasteiger partial charge in [0.25, 0.3) is 0 Å². The number of rotatable bonds is 3. The quantitative estimate of drug-likeness (QED) is 0.896. The summed E-state index contributed by atoms with van der Waals surface area (Å²) in [7, 11) is 1.93. The summed E-state index contributed by atoms with van der Waals surface area (Å²) in [5.41, 5.74) is 7.64. The van der Waals surface area contributed by atoms with Crippen molar-refractivity contribution in [3.63, 3.8) is 0 Å². The minimum absolute atomic E-state index is 0.643. The first-order chi connectivity index (χ1) is 7.20. The van der Waals surface area contributed by atoms with Crippen LogP contribution in [-0.4, -0.2) is 16.3 Å². The molecule has 0 atom stereocenters. The summed E-state index contributed by atoms with van der Waals surface area (Å²) >= 11 is 7.42. The molecule has 0 amide bonds. The molecular formula is C10H12ClN3S. The van der Waals surface area contributed by atoms with Gasteiger partial charge in [-0.05, 0) is 24.7 Å². The molecule has 2 rings (SSSR count). The van der Waals surface area contributed by atoms with E-state index in [1.54, 1.807) is 0 Å². The van der Waals surface area contributed by atoms with Crippen LogP contribution in [0.4, 0.5) is 0 Å². The highest BCUT2D eigenvalue weighted by Gasteiger charge is 2.08. The van der Waals surface area contributed by atoms with Gasteiger partial charge in [0.05, 0.1) is 9.21 Å². The van der Waals surface area contributed by atoms with E-state index in [2.05, 4.69) is 11.2 Å². The Morgan fingerprint density at radius 2 is 2.33 bits per heavy atom. The molecule has 0 saturated carbocycles. The molecule has 0 radical (unpaired) electrons. The predicted molar refractivity (Wildman–Crippen MR) is 64.3 cm³/mol. The minimum Gasteiger partial charge on any atom is -0.330 e. The summed E-state index contributed by atoms with van der Waals surface area (Å²) in [6.45, 7) is 0.643. The zero-order valence-corrected chi connectivity index (χ0v) is 9.98. The van der Waals surface area contributed by atoms with Gasteiger partial charge in [0.2, 0.25) is 0 Å². The fourth-order valence-corrected chi connectivity index (χ4v) is 2.46. The van der Waals surface area contributed by atoms with E-state index in [4.69, 9.17) is 17.3 Å². The lowest BCUT2D eigenvalue weighted by atomic mass is 10.2. The molecular weight excluding hydrogens is 230 g/mol. The third kappa shape index (κ3) is 2.22. The predicted octanol–water partition coefficient (Wildman–Crippen LogP) is 2.30. The molecule has 0 bridgehead atoms. The Hall–Kier alpha value is -0.840. The molecule has 2 aromatic rings. The zero-order valence-electron chi connectivity index (χ0n) is 8.40. The van der Waals surface area contributed by atoms with Gasteiger partial charge in [-0.15, -0.1) is 11.3 Å². The molecule has 2 aromatic heterocycles. The van der Waals surface area contributed by atoms with Crippen molar-refractivity contribution in [1.82, 2.24) is 9.78 Å². The Morgan fingerprint density at radius 3 is 2.93 bits per heavy atom. The molecule has 0 spiro atoms. The van der Waals surface area contributed by atoms with Crippen molar-refractivity contribution in [2.75, 3.05) is 6.54 Å². The number of thiophene rings is 1. The van der Waals surface area contributed by atoms with Crippen molar-refractivity contribution >= 4 is 22.9 Å². The van der Waals surface area contributed by atoms with E-state index < -0.39 is 0 Å². The molecule has 0 aliphatic heterocycles.